The molecule has 1 unspecified atom stereocenters. The van der Waals surface area contributed by atoms with Crippen molar-refractivity contribution in [3.63, 3.8) is 0 Å². The molecule has 0 aromatic heterocycles. The van der Waals surface area contributed by atoms with Crippen LogP contribution in [-0.4, -0.2) is 6.54 Å². The molecule has 1 aliphatic rings. The van der Waals surface area contributed by atoms with Gasteiger partial charge in [-0.1, -0.05) is 36.4 Å². The number of hydrogen-bond acceptors (Lipinski definition) is 1. The fourth-order valence-electron chi connectivity index (χ4n) is 2.05. The minimum atomic E-state index is 0.0515. The molecule has 1 aliphatic heterocycles. The number of allylic oxidation sites excluding steroid dienone is 2. The molecule has 0 saturated heterocycles. The van der Waals surface area contributed by atoms with Crippen molar-refractivity contribution in [1.82, 2.24) is 0 Å². The third kappa shape index (κ3) is 2.00. The summed E-state index contributed by atoms with van der Waals surface area (Å²) in [5, 5.41) is 13.8. The second kappa shape index (κ2) is 4.17. The Morgan fingerprint density at radius 1 is 1.06 bits per heavy atom. The van der Waals surface area contributed by atoms with Crippen LogP contribution in [0, 0.1) is 11.4 Å². The van der Waals surface area contributed by atoms with Crippen molar-refractivity contribution in [3.8, 4) is 0 Å². The van der Waals surface area contributed by atoms with Gasteiger partial charge in [-0.2, -0.15) is 0 Å². The van der Waals surface area contributed by atoms with Crippen LogP contribution in [0.4, 0.5) is 0 Å². The average molecular weight is 222 g/mol. The first-order chi connectivity index (χ1) is 8.33. The SMILES string of the molecule is [O-][NH+]1[C]=C(c2ccc3ccccc3c2)C=CC1. The molecule has 1 radical (unpaired) electrons. The first-order valence-electron chi connectivity index (χ1n) is 5.65. The Kier molecular flexibility index (Phi) is 2.52. The van der Waals surface area contributed by atoms with E-state index in [9.17, 15) is 5.21 Å². The van der Waals surface area contributed by atoms with E-state index in [2.05, 4.69) is 30.5 Å². The van der Waals surface area contributed by atoms with E-state index in [0.717, 1.165) is 11.1 Å². The number of nitrogens with one attached hydrogen (secondary N) is 1. The predicted molar refractivity (Wildman–Crippen MR) is 68.9 cm³/mol. The monoisotopic (exact) mass is 222 g/mol. The zero-order chi connectivity index (χ0) is 11.7. The highest BCUT2D eigenvalue weighted by molar-refractivity contribution is 5.87. The predicted octanol–water partition coefficient (Wildman–Crippen LogP) is 1.94. The Morgan fingerprint density at radius 3 is 2.71 bits per heavy atom. The van der Waals surface area contributed by atoms with E-state index in [4.69, 9.17) is 0 Å². The topological polar surface area (TPSA) is 27.5 Å². The maximum absolute atomic E-state index is 11.3. The van der Waals surface area contributed by atoms with E-state index in [-0.39, 0.29) is 5.06 Å². The molecule has 3 rings (SSSR count). The molecule has 17 heavy (non-hydrogen) atoms. The highest BCUT2D eigenvalue weighted by atomic mass is 16.5. The quantitative estimate of drug-likeness (QED) is 0.733. The Balaban J connectivity index is 2.09. The van der Waals surface area contributed by atoms with Crippen LogP contribution in [0.3, 0.4) is 0 Å². The molecular formula is C15H12NO. The second-order valence-corrected chi connectivity index (χ2v) is 4.13. The van der Waals surface area contributed by atoms with Gasteiger partial charge in [0, 0.05) is 5.57 Å². The van der Waals surface area contributed by atoms with Gasteiger partial charge in [0.05, 0.1) is 0 Å². The van der Waals surface area contributed by atoms with Gasteiger partial charge in [0.25, 0.3) is 0 Å². The molecule has 0 spiro atoms. The fraction of sp³-hybridized carbons (Fsp3) is 0.0667. The molecular weight excluding hydrogens is 210 g/mol. The Labute approximate surface area is 100 Å². The number of fused-ring (bicyclic) bond motifs is 1. The van der Waals surface area contributed by atoms with Crippen LogP contribution in [0.5, 0.6) is 0 Å². The van der Waals surface area contributed by atoms with E-state index in [1.807, 2.05) is 30.4 Å². The number of benzene rings is 2. The third-order valence-electron chi connectivity index (χ3n) is 2.92. The molecule has 2 nitrogen and oxygen atoms in total. The molecule has 0 amide bonds. The Hall–Kier alpha value is -1.90. The van der Waals surface area contributed by atoms with Gasteiger partial charge in [0.2, 0.25) is 6.20 Å². The van der Waals surface area contributed by atoms with E-state index in [0.29, 0.717) is 6.54 Å². The molecule has 1 N–H and O–H groups in total. The second-order valence-electron chi connectivity index (χ2n) is 4.13. The van der Waals surface area contributed by atoms with Crippen LogP contribution in [0.15, 0.2) is 54.6 Å². The molecule has 1 heterocycles. The summed E-state index contributed by atoms with van der Waals surface area (Å²) in [6.07, 6.45) is 6.74. The van der Waals surface area contributed by atoms with Gasteiger partial charge in [-0.05, 0) is 34.6 Å². The Bertz CT molecular complexity index is 613. The highest BCUT2D eigenvalue weighted by Crippen LogP contribution is 2.21. The summed E-state index contributed by atoms with van der Waals surface area (Å²) in [5.41, 5.74) is 1.93. The van der Waals surface area contributed by atoms with Gasteiger partial charge in [-0.25, -0.2) is 0 Å². The summed E-state index contributed by atoms with van der Waals surface area (Å²) in [7, 11) is 0. The lowest BCUT2D eigenvalue weighted by molar-refractivity contribution is -0.797. The fourth-order valence-corrected chi connectivity index (χ4v) is 2.05. The van der Waals surface area contributed by atoms with Crippen molar-refractivity contribution >= 4 is 16.3 Å². The van der Waals surface area contributed by atoms with Gasteiger partial charge in [-0.15, -0.1) is 0 Å². The summed E-state index contributed by atoms with van der Waals surface area (Å²) >= 11 is 0. The molecule has 2 aromatic rings. The van der Waals surface area contributed by atoms with E-state index < -0.39 is 0 Å². The van der Waals surface area contributed by atoms with Crippen LogP contribution in [0.25, 0.3) is 16.3 Å². The van der Waals surface area contributed by atoms with Gasteiger partial charge >= 0.3 is 0 Å². The minimum absolute atomic E-state index is 0.0515. The van der Waals surface area contributed by atoms with Gasteiger partial charge in [0.15, 0.2) is 0 Å². The summed E-state index contributed by atoms with van der Waals surface area (Å²) in [6.45, 7) is 0.469. The lowest BCUT2D eigenvalue weighted by Gasteiger charge is -2.18. The van der Waals surface area contributed by atoms with Crippen molar-refractivity contribution < 1.29 is 5.06 Å². The van der Waals surface area contributed by atoms with E-state index in [1.54, 1.807) is 0 Å². The minimum Gasteiger partial charge on any atom is -0.628 e. The number of hydroxylamine groups is 2. The Morgan fingerprint density at radius 2 is 1.88 bits per heavy atom. The number of hydrogen-bond donors (Lipinski definition) is 1. The largest absolute Gasteiger partial charge is 0.628 e. The lowest BCUT2D eigenvalue weighted by Crippen LogP contribution is -3.03. The molecule has 83 valence electrons. The standard InChI is InChI=1S/C15H12NO/c17-16-9-3-6-15(11-16)14-8-7-12-4-1-2-5-13(12)10-14/h1-8,10,16H,9H2. The van der Waals surface area contributed by atoms with Crippen molar-refractivity contribution in [2.24, 2.45) is 0 Å². The summed E-state index contributed by atoms with van der Waals surface area (Å²) in [6, 6.07) is 14.4. The van der Waals surface area contributed by atoms with E-state index >= 15 is 0 Å². The number of quaternary nitrogens is 1. The average Bonchev–Trinajstić information content (AvgIpc) is 2.38. The number of rotatable bonds is 1. The smallest absolute Gasteiger partial charge is 0.201 e. The van der Waals surface area contributed by atoms with Gasteiger partial charge in [-0.3, -0.25) is 0 Å². The molecule has 0 bridgehead atoms. The van der Waals surface area contributed by atoms with Gasteiger partial charge < -0.3 is 10.3 Å². The molecule has 0 aliphatic carbocycles. The third-order valence-corrected chi connectivity index (χ3v) is 2.92. The molecule has 0 saturated carbocycles. The molecule has 1 atom stereocenters. The van der Waals surface area contributed by atoms with Crippen LogP contribution in [-0.2, 0) is 0 Å². The van der Waals surface area contributed by atoms with Crippen LogP contribution >= 0.6 is 0 Å². The van der Waals surface area contributed by atoms with Crippen LogP contribution < -0.4 is 5.06 Å². The maximum atomic E-state index is 11.3. The zero-order valence-corrected chi connectivity index (χ0v) is 9.31. The normalized spacial score (nSPS) is 19.4. The van der Waals surface area contributed by atoms with Crippen molar-refractivity contribution in [1.29, 1.82) is 0 Å². The molecule has 0 fully saturated rings. The molecule has 2 aromatic carbocycles. The van der Waals surface area contributed by atoms with Crippen LogP contribution in [0.2, 0.25) is 0 Å². The van der Waals surface area contributed by atoms with Crippen molar-refractivity contribution in [3.05, 3.63) is 71.6 Å². The zero-order valence-electron chi connectivity index (χ0n) is 9.31. The summed E-state index contributed by atoms with van der Waals surface area (Å²) in [4.78, 5) is 0. The first kappa shape index (κ1) is 10.3. The first-order valence-corrected chi connectivity index (χ1v) is 5.65. The van der Waals surface area contributed by atoms with E-state index in [1.165, 1.54) is 10.8 Å². The van der Waals surface area contributed by atoms with Crippen LogP contribution in [0.1, 0.15) is 5.56 Å². The maximum Gasteiger partial charge on any atom is 0.201 e. The van der Waals surface area contributed by atoms with Gasteiger partial charge in [0.1, 0.15) is 6.54 Å². The lowest BCUT2D eigenvalue weighted by atomic mass is 10.0. The summed E-state index contributed by atoms with van der Waals surface area (Å²) in [5.74, 6) is 0. The van der Waals surface area contributed by atoms with Crippen molar-refractivity contribution in [2.45, 2.75) is 0 Å². The molecule has 2 heteroatoms. The summed E-state index contributed by atoms with van der Waals surface area (Å²) < 4.78 is 0. The van der Waals surface area contributed by atoms with Crippen molar-refractivity contribution in [2.75, 3.05) is 6.54 Å². The highest BCUT2D eigenvalue weighted by Gasteiger charge is 2.07.